The third kappa shape index (κ3) is 3.63. The fourth-order valence-electron chi connectivity index (χ4n) is 3.67. The lowest BCUT2D eigenvalue weighted by atomic mass is 9.65. The molecule has 0 atom stereocenters. The van der Waals surface area contributed by atoms with Gasteiger partial charge in [0.15, 0.2) is 0 Å². The molecule has 0 saturated heterocycles. The molecular formula is C19H31N. The molecule has 2 rings (SSSR count). The predicted octanol–water partition coefficient (Wildman–Crippen LogP) is 4.86. The van der Waals surface area contributed by atoms with Gasteiger partial charge in [0.1, 0.15) is 0 Å². The average molecular weight is 273 g/mol. The van der Waals surface area contributed by atoms with Crippen molar-refractivity contribution in [2.75, 3.05) is 0 Å². The highest BCUT2D eigenvalue weighted by atomic mass is 14.7. The first kappa shape index (κ1) is 15.6. The summed E-state index contributed by atoms with van der Waals surface area (Å²) in [6, 6.07) is 8.83. The fraction of sp³-hybridized carbons (Fsp3) is 0.684. The minimum Gasteiger partial charge on any atom is -0.325 e. The van der Waals surface area contributed by atoms with Gasteiger partial charge < -0.3 is 5.73 Å². The number of hydrogen-bond acceptors (Lipinski definition) is 1. The molecule has 1 aliphatic carbocycles. The van der Waals surface area contributed by atoms with Crippen molar-refractivity contribution in [3.63, 3.8) is 0 Å². The van der Waals surface area contributed by atoms with E-state index >= 15 is 0 Å². The van der Waals surface area contributed by atoms with E-state index in [2.05, 4.69) is 52.0 Å². The van der Waals surface area contributed by atoms with Crippen LogP contribution in [0.3, 0.4) is 0 Å². The predicted molar refractivity (Wildman–Crippen MR) is 87.8 cm³/mol. The molecule has 0 radical (unpaired) electrons. The number of hydrogen-bond donors (Lipinski definition) is 1. The minimum atomic E-state index is 0.0219. The third-order valence-electron chi connectivity index (χ3n) is 5.64. The van der Waals surface area contributed by atoms with Crippen molar-refractivity contribution < 1.29 is 0 Å². The van der Waals surface area contributed by atoms with E-state index in [-0.39, 0.29) is 5.54 Å². The van der Waals surface area contributed by atoms with Gasteiger partial charge in [-0.05, 0) is 55.9 Å². The van der Waals surface area contributed by atoms with E-state index in [1.165, 1.54) is 43.2 Å². The van der Waals surface area contributed by atoms with Crippen molar-refractivity contribution in [3.8, 4) is 0 Å². The molecule has 0 heterocycles. The Morgan fingerprint density at radius 3 is 2.45 bits per heavy atom. The SMILES string of the molecule is CCC(C)(C)C1CCC(N)(Cc2cccc(C)c2)CC1. The summed E-state index contributed by atoms with van der Waals surface area (Å²) in [6.07, 6.45) is 7.25. The Bertz CT molecular complexity index is 439. The van der Waals surface area contributed by atoms with Gasteiger partial charge in [-0.25, -0.2) is 0 Å². The van der Waals surface area contributed by atoms with Gasteiger partial charge in [0.25, 0.3) is 0 Å². The standard InChI is InChI=1S/C19H31N/c1-5-18(3,4)17-9-11-19(20,12-10-17)14-16-8-6-7-15(2)13-16/h6-8,13,17H,5,9-12,14,20H2,1-4H3. The topological polar surface area (TPSA) is 26.0 Å². The Balaban J connectivity index is 1.98. The molecule has 0 aromatic heterocycles. The van der Waals surface area contributed by atoms with Gasteiger partial charge in [-0.1, -0.05) is 57.0 Å². The maximum atomic E-state index is 6.69. The molecule has 20 heavy (non-hydrogen) atoms. The van der Waals surface area contributed by atoms with Crippen molar-refractivity contribution in [1.29, 1.82) is 0 Å². The van der Waals surface area contributed by atoms with E-state index in [0.717, 1.165) is 12.3 Å². The molecule has 1 aliphatic rings. The van der Waals surface area contributed by atoms with E-state index in [1.54, 1.807) is 0 Å². The molecule has 2 N–H and O–H groups in total. The number of aryl methyl sites for hydroxylation is 1. The lowest BCUT2D eigenvalue weighted by Crippen LogP contribution is -2.47. The molecule has 112 valence electrons. The van der Waals surface area contributed by atoms with Crippen LogP contribution in [0.4, 0.5) is 0 Å². The number of rotatable bonds is 4. The van der Waals surface area contributed by atoms with Crippen LogP contribution in [0.5, 0.6) is 0 Å². The Morgan fingerprint density at radius 1 is 1.25 bits per heavy atom. The Labute approximate surface area is 125 Å². The molecule has 1 saturated carbocycles. The molecule has 1 aromatic carbocycles. The molecule has 0 unspecified atom stereocenters. The summed E-state index contributed by atoms with van der Waals surface area (Å²) in [5.74, 6) is 0.849. The first-order chi connectivity index (χ1) is 9.35. The van der Waals surface area contributed by atoms with Gasteiger partial charge in [0, 0.05) is 5.54 Å². The number of nitrogens with two attached hydrogens (primary N) is 1. The van der Waals surface area contributed by atoms with E-state index in [9.17, 15) is 0 Å². The minimum absolute atomic E-state index is 0.0219. The first-order valence-electron chi connectivity index (χ1n) is 8.19. The fourth-order valence-corrected chi connectivity index (χ4v) is 3.67. The van der Waals surface area contributed by atoms with Crippen molar-refractivity contribution in [2.24, 2.45) is 17.1 Å². The van der Waals surface area contributed by atoms with E-state index in [0.29, 0.717) is 5.41 Å². The summed E-state index contributed by atoms with van der Waals surface area (Å²) in [7, 11) is 0. The Morgan fingerprint density at radius 2 is 1.90 bits per heavy atom. The summed E-state index contributed by atoms with van der Waals surface area (Å²) >= 11 is 0. The van der Waals surface area contributed by atoms with Crippen LogP contribution in [0.2, 0.25) is 0 Å². The second-order valence-electron chi connectivity index (χ2n) is 7.64. The maximum absolute atomic E-state index is 6.69. The summed E-state index contributed by atoms with van der Waals surface area (Å²) < 4.78 is 0. The quantitative estimate of drug-likeness (QED) is 0.833. The first-order valence-corrected chi connectivity index (χ1v) is 8.19. The molecule has 1 aromatic rings. The second kappa shape index (κ2) is 5.89. The van der Waals surface area contributed by atoms with Crippen LogP contribution >= 0.6 is 0 Å². The van der Waals surface area contributed by atoms with Crippen LogP contribution in [0.1, 0.15) is 64.0 Å². The van der Waals surface area contributed by atoms with Gasteiger partial charge in [-0.2, -0.15) is 0 Å². The van der Waals surface area contributed by atoms with Crippen molar-refractivity contribution in [2.45, 2.75) is 71.8 Å². The monoisotopic (exact) mass is 273 g/mol. The maximum Gasteiger partial charge on any atom is 0.0195 e. The van der Waals surface area contributed by atoms with Gasteiger partial charge in [-0.3, -0.25) is 0 Å². The Hall–Kier alpha value is -0.820. The largest absolute Gasteiger partial charge is 0.325 e. The van der Waals surface area contributed by atoms with E-state index < -0.39 is 0 Å². The van der Waals surface area contributed by atoms with Crippen LogP contribution in [0.25, 0.3) is 0 Å². The van der Waals surface area contributed by atoms with Crippen LogP contribution in [-0.4, -0.2) is 5.54 Å². The van der Waals surface area contributed by atoms with Gasteiger partial charge in [0.05, 0.1) is 0 Å². The van der Waals surface area contributed by atoms with Gasteiger partial charge in [-0.15, -0.1) is 0 Å². The van der Waals surface area contributed by atoms with E-state index in [1.807, 2.05) is 0 Å². The second-order valence-corrected chi connectivity index (χ2v) is 7.64. The molecule has 0 aliphatic heterocycles. The van der Waals surface area contributed by atoms with Crippen molar-refractivity contribution in [3.05, 3.63) is 35.4 Å². The normalized spacial score (nSPS) is 27.6. The summed E-state index contributed by atoms with van der Waals surface area (Å²) in [4.78, 5) is 0. The molecule has 1 heteroatoms. The van der Waals surface area contributed by atoms with E-state index in [4.69, 9.17) is 5.73 Å². The molecule has 0 bridgehead atoms. The summed E-state index contributed by atoms with van der Waals surface area (Å²) in [5, 5.41) is 0. The average Bonchev–Trinajstić information content (AvgIpc) is 2.39. The third-order valence-corrected chi connectivity index (χ3v) is 5.64. The highest BCUT2D eigenvalue weighted by Gasteiger charge is 2.37. The summed E-state index contributed by atoms with van der Waals surface area (Å²) in [6.45, 7) is 9.31. The lowest BCUT2D eigenvalue weighted by molar-refractivity contribution is 0.115. The molecule has 0 spiro atoms. The smallest absolute Gasteiger partial charge is 0.0195 e. The highest BCUT2D eigenvalue weighted by molar-refractivity contribution is 5.24. The zero-order chi connectivity index (χ0) is 14.8. The van der Waals surface area contributed by atoms with Crippen LogP contribution in [-0.2, 0) is 6.42 Å². The zero-order valence-corrected chi connectivity index (χ0v) is 13.7. The molecule has 0 amide bonds. The van der Waals surface area contributed by atoms with Gasteiger partial charge in [0.2, 0.25) is 0 Å². The molecule has 1 fully saturated rings. The van der Waals surface area contributed by atoms with Crippen molar-refractivity contribution >= 4 is 0 Å². The Kier molecular flexibility index (Phi) is 4.59. The highest BCUT2D eigenvalue weighted by Crippen LogP contribution is 2.43. The van der Waals surface area contributed by atoms with Gasteiger partial charge >= 0.3 is 0 Å². The zero-order valence-electron chi connectivity index (χ0n) is 13.7. The molecular weight excluding hydrogens is 242 g/mol. The van der Waals surface area contributed by atoms with Crippen LogP contribution < -0.4 is 5.73 Å². The lowest BCUT2D eigenvalue weighted by Gasteiger charge is -2.43. The van der Waals surface area contributed by atoms with Crippen LogP contribution in [0, 0.1) is 18.3 Å². The molecule has 1 nitrogen and oxygen atoms in total. The number of benzene rings is 1. The van der Waals surface area contributed by atoms with Crippen LogP contribution in [0.15, 0.2) is 24.3 Å². The van der Waals surface area contributed by atoms with Crippen molar-refractivity contribution in [1.82, 2.24) is 0 Å². The summed E-state index contributed by atoms with van der Waals surface area (Å²) in [5.41, 5.74) is 9.93.